The predicted molar refractivity (Wildman–Crippen MR) is 64.9 cm³/mol. The Morgan fingerprint density at radius 1 is 1.44 bits per heavy atom. The second-order valence-electron chi connectivity index (χ2n) is 3.99. The van der Waals surface area contributed by atoms with Crippen molar-refractivity contribution in [3.8, 4) is 0 Å². The summed E-state index contributed by atoms with van der Waals surface area (Å²) < 4.78 is 24.8. The summed E-state index contributed by atoms with van der Waals surface area (Å²) in [6.45, 7) is 0. The molecular weight excluding hydrogens is 246 g/mol. The normalized spacial score (nSPS) is 20.1. The molecule has 5 heteroatoms. The summed E-state index contributed by atoms with van der Waals surface area (Å²) in [7, 11) is -1.72. The molecule has 0 aliphatic heterocycles. The first-order valence-electron chi connectivity index (χ1n) is 5.16. The Hall–Kier alpha value is -0.580. The first-order chi connectivity index (χ1) is 7.56. The molecule has 1 aromatic rings. The molecule has 0 saturated carbocycles. The summed E-state index contributed by atoms with van der Waals surface area (Å²) in [6, 6.07) is 7.92. The number of fused-ring (bicyclic) bond motifs is 1. The third-order valence-electron chi connectivity index (χ3n) is 3.12. The molecule has 0 fully saturated rings. The first kappa shape index (κ1) is 11.9. The molecule has 1 atom stereocenters. The van der Waals surface area contributed by atoms with Crippen molar-refractivity contribution < 1.29 is 8.42 Å². The number of halogens is 1. The summed E-state index contributed by atoms with van der Waals surface area (Å²) >= 11 is 5.46. The zero-order chi connectivity index (χ0) is 11.8. The quantitative estimate of drug-likeness (QED) is 0.780. The van der Waals surface area contributed by atoms with Gasteiger partial charge in [-0.1, -0.05) is 24.3 Å². The van der Waals surface area contributed by atoms with E-state index < -0.39 is 10.0 Å². The highest BCUT2D eigenvalue weighted by atomic mass is 35.5. The number of sulfonamides is 1. The van der Waals surface area contributed by atoms with Gasteiger partial charge in [-0.15, -0.1) is 11.6 Å². The van der Waals surface area contributed by atoms with E-state index in [1.165, 1.54) is 9.87 Å². The van der Waals surface area contributed by atoms with Gasteiger partial charge in [-0.05, 0) is 24.0 Å². The van der Waals surface area contributed by atoms with E-state index in [0.29, 0.717) is 0 Å². The zero-order valence-corrected chi connectivity index (χ0v) is 10.6. The molecule has 88 valence electrons. The molecule has 0 bridgehead atoms. The Bertz CT molecular complexity index is 487. The lowest BCUT2D eigenvalue weighted by Gasteiger charge is -2.23. The van der Waals surface area contributed by atoms with Gasteiger partial charge in [-0.2, -0.15) is 4.31 Å². The molecule has 0 radical (unpaired) electrons. The summed E-state index contributed by atoms with van der Waals surface area (Å²) in [5.41, 5.74) is 2.35. The Morgan fingerprint density at radius 2 is 2.12 bits per heavy atom. The van der Waals surface area contributed by atoms with Crippen LogP contribution in [0.15, 0.2) is 24.3 Å². The fourth-order valence-electron chi connectivity index (χ4n) is 2.18. The molecule has 2 rings (SSSR count). The summed E-state index contributed by atoms with van der Waals surface area (Å²) in [5, 5.41) is -0.359. The maximum atomic E-state index is 11.7. The van der Waals surface area contributed by atoms with Gasteiger partial charge in [0.2, 0.25) is 10.0 Å². The standard InChI is InChI=1S/C11H14ClNO2S/c1-13(16(14,15)8-12)11-7-6-9-4-2-3-5-10(9)11/h2-5,11H,6-8H2,1H3. The highest BCUT2D eigenvalue weighted by molar-refractivity contribution is 7.90. The van der Waals surface area contributed by atoms with Crippen molar-refractivity contribution in [1.82, 2.24) is 4.31 Å². The molecule has 1 aliphatic rings. The van der Waals surface area contributed by atoms with Crippen LogP contribution in [-0.4, -0.2) is 25.0 Å². The zero-order valence-electron chi connectivity index (χ0n) is 9.06. The van der Waals surface area contributed by atoms with Gasteiger partial charge in [-0.3, -0.25) is 0 Å². The van der Waals surface area contributed by atoms with Crippen LogP contribution in [0.3, 0.4) is 0 Å². The maximum absolute atomic E-state index is 11.7. The average molecular weight is 260 g/mol. The fourth-order valence-corrected chi connectivity index (χ4v) is 3.41. The second kappa shape index (κ2) is 4.35. The van der Waals surface area contributed by atoms with Crippen LogP contribution in [0.1, 0.15) is 23.6 Å². The number of rotatable bonds is 3. The van der Waals surface area contributed by atoms with Gasteiger partial charge >= 0.3 is 0 Å². The maximum Gasteiger partial charge on any atom is 0.228 e. The minimum atomic E-state index is -3.33. The van der Waals surface area contributed by atoms with E-state index in [2.05, 4.69) is 6.07 Å². The van der Waals surface area contributed by atoms with Crippen molar-refractivity contribution >= 4 is 21.6 Å². The van der Waals surface area contributed by atoms with Gasteiger partial charge < -0.3 is 0 Å². The van der Waals surface area contributed by atoms with Crippen LogP contribution in [0.5, 0.6) is 0 Å². The van der Waals surface area contributed by atoms with Gasteiger partial charge in [-0.25, -0.2) is 8.42 Å². The summed E-state index contributed by atoms with van der Waals surface area (Å²) in [4.78, 5) is 0. The van der Waals surface area contributed by atoms with E-state index in [-0.39, 0.29) is 11.3 Å². The Labute approximate surface area is 101 Å². The third kappa shape index (κ3) is 1.97. The van der Waals surface area contributed by atoms with Crippen LogP contribution in [0.2, 0.25) is 0 Å². The van der Waals surface area contributed by atoms with Crippen LogP contribution in [0.4, 0.5) is 0 Å². The topological polar surface area (TPSA) is 37.4 Å². The third-order valence-corrected chi connectivity index (χ3v) is 5.35. The SMILES string of the molecule is CN(C1CCc2ccccc21)S(=O)(=O)CCl. The van der Waals surface area contributed by atoms with E-state index in [0.717, 1.165) is 18.4 Å². The molecule has 0 N–H and O–H groups in total. The molecular formula is C11H14ClNO2S. The number of hydrogen-bond donors (Lipinski definition) is 0. The lowest BCUT2D eigenvalue weighted by Crippen LogP contribution is -2.30. The minimum Gasteiger partial charge on any atom is -0.211 e. The van der Waals surface area contributed by atoms with Crippen LogP contribution in [-0.2, 0) is 16.4 Å². The molecule has 3 nitrogen and oxygen atoms in total. The van der Waals surface area contributed by atoms with Crippen LogP contribution < -0.4 is 0 Å². The van der Waals surface area contributed by atoms with Gasteiger partial charge in [0.05, 0.1) is 6.04 Å². The number of alkyl halides is 1. The molecule has 1 aliphatic carbocycles. The Balaban J connectivity index is 2.33. The van der Waals surface area contributed by atoms with Gasteiger partial charge in [0.1, 0.15) is 5.21 Å². The summed E-state index contributed by atoms with van der Waals surface area (Å²) in [5.74, 6) is 0. The van der Waals surface area contributed by atoms with Crippen molar-refractivity contribution in [2.75, 3.05) is 12.3 Å². The highest BCUT2D eigenvalue weighted by Crippen LogP contribution is 2.36. The average Bonchev–Trinajstić information content (AvgIpc) is 2.71. The predicted octanol–water partition coefficient (Wildman–Crippen LogP) is 2.13. The molecule has 0 amide bonds. The van der Waals surface area contributed by atoms with Crippen molar-refractivity contribution in [2.45, 2.75) is 18.9 Å². The molecule has 0 heterocycles. The van der Waals surface area contributed by atoms with Crippen molar-refractivity contribution in [2.24, 2.45) is 0 Å². The molecule has 0 saturated heterocycles. The molecule has 1 aromatic carbocycles. The highest BCUT2D eigenvalue weighted by Gasteiger charge is 2.31. The van der Waals surface area contributed by atoms with Crippen molar-refractivity contribution in [3.05, 3.63) is 35.4 Å². The van der Waals surface area contributed by atoms with Crippen LogP contribution in [0.25, 0.3) is 0 Å². The van der Waals surface area contributed by atoms with Gasteiger partial charge in [0.15, 0.2) is 0 Å². The van der Waals surface area contributed by atoms with Crippen LogP contribution >= 0.6 is 11.6 Å². The van der Waals surface area contributed by atoms with E-state index in [1.807, 2.05) is 18.2 Å². The van der Waals surface area contributed by atoms with E-state index in [9.17, 15) is 8.42 Å². The first-order valence-corrected chi connectivity index (χ1v) is 7.30. The molecule has 1 unspecified atom stereocenters. The Kier molecular flexibility index (Phi) is 3.24. The number of aryl methyl sites for hydroxylation is 1. The Morgan fingerprint density at radius 3 is 2.81 bits per heavy atom. The van der Waals surface area contributed by atoms with Crippen molar-refractivity contribution in [3.63, 3.8) is 0 Å². The van der Waals surface area contributed by atoms with Crippen molar-refractivity contribution in [1.29, 1.82) is 0 Å². The number of hydrogen-bond acceptors (Lipinski definition) is 2. The lowest BCUT2D eigenvalue weighted by molar-refractivity contribution is 0.376. The van der Waals surface area contributed by atoms with Gasteiger partial charge in [0, 0.05) is 7.05 Å². The minimum absolute atomic E-state index is 0.0556. The van der Waals surface area contributed by atoms with E-state index in [1.54, 1.807) is 7.05 Å². The fraction of sp³-hybridized carbons (Fsp3) is 0.455. The van der Waals surface area contributed by atoms with E-state index >= 15 is 0 Å². The smallest absolute Gasteiger partial charge is 0.211 e. The number of nitrogens with zero attached hydrogens (tertiary/aromatic N) is 1. The molecule has 0 spiro atoms. The van der Waals surface area contributed by atoms with Gasteiger partial charge in [0.25, 0.3) is 0 Å². The molecule has 16 heavy (non-hydrogen) atoms. The number of benzene rings is 1. The van der Waals surface area contributed by atoms with Crippen LogP contribution in [0, 0.1) is 0 Å². The lowest BCUT2D eigenvalue weighted by atomic mass is 10.1. The monoisotopic (exact) mass is 259 g/mol. The largest absolute Gasteiger partial charge is 0.228 e. The summed E-state index contributed by atoms with van der Waals surface area (Å²) in [6.07, 6.45) is 1.77. The second-order valence-corrected chi connectivity index (χ2v) is 6.60. The molecule has 0 aromatic heterocycles. The van der Waals surface area contributed by atoms with E-state index in [4.69, 9.17) is 11.6 Å².